The van der Waals surface area contributed by atoms with Crippen LogP contribution in [0.15, 0.2) is 54.6 Å². The van der Waals surface area contributed by atoms with Gasteiger partial charge in [-0.1, -0.05) is 56.3 Å². The summed E-state index contributed by atoms with van der Waals surface area (Å²) in [5, 5.41) is 3.09. The first-order valence-corrected chi connectivity index (χ1v) is 11.5. The molecule has 0 aromatic heterocycles. The molecule has 1 saturated heterocycles. The van der Waals surface area contributed by atoms with E-state index in [1.165, 1.54) is 11.1 Å². The molecular weight excluding hydrogens is 378 g/mol. The Bertz CT molecular complexity index is 773. The quantitative estimate of drug-likeness (QED) is 0.701. The third kappa shape index (κ3) is 6.88. The molecule has 3 rings (SSSR count). The van der Waals surface area contributed by atoms with Crippen LogP contribution < -0.4 is 5.32 Å². The summed E-state index contributed by atoms with van der Waals surface area (Å²) in [6.45, 7) is 9.60. The number of nitrogens with zero attached hydrogens (tertiary/aromatic N) is 2. The van der Waals surface area contributed by atoms with Crippen LogP contribution in [0.25, 0.3) is 0 Å². The van der Waals surface area contributed by atoms with Crippen molar-refractivity contribution in [3.63, 3.8) is 0 Å². The van der Waals surface area contributed by atoms with Crippen LogP contribution >= 0.6 is 11.8 Å². The molecule has 1 heterocycles. The van der Waals surface area contributed by atoms with Gasteiger partial charge in [-0.2, -0.15) is 0 Å². The van der Waals surface area contributed by atoms with Gasteiger partial charge in [-0.15, -0.1) is 11.8 Å². The van der Waals surface area contributed by atoms with Gasteiger partial charge in [0.1, 0.15) is 0 Å². The van der Waals surface area contributed by atoms with Gasteiger partial charge in [0.05, 0.1) is 5.25 Å². The van der Waals surface area contributed by atoms with Gasteiger partial charge in [0.15, 0.2) is 0 Å². The van der Waals surface area contributed by atoms with Crippen molar-refractivity contribution in [2.24, 2.45) is 5.92 Å². The molecule has 0 aliphatic carbocycles. The Labute approximate surface area is 179 Å². The van der Waals surface area contributed by atoms with E-state index in [0.717, 1.165) is 44.2 Å². The number of piperazine rings is 1. The summed E-state index contributed by atoms with van der Waals surface area (Å²) >= 11 is 1.72. The lowest BCUT2D eigenvalue weighted by Gasteiger charge is -2.32. The number of carbonyl (C=O) groups is 1. The monoisotopic (exact) mass is 411 g/mol. The van der Waals surface area contributed by atoms with Gasteiger partial charge >= 0.3 is 0 Å². The lowest BCUT2D eigenvalue weighted by atomic mass is 10.1. The fourth-order valence-corrected chi connectivity index (χ4v) is 4.72. The van der Waals surface area contributed by atoms with Crippen molar-refractivity contribution in [1.29, 1.82) is 0 Å². The highest BCUT2D eigenvalue weighted by molar-refractivity contribution is 7.99. The van der Waals surface area contributed by atoms with E-state index in [9.17, 15) is 4.79 Å². The second-order valence-corrected chi connectivity index (χ2v) is 9.36. The molecule has 4 nitrogen and oxygen atoms in total. The lowest BCUT2D eigenvalue weighted by molar-refractivity contribution is -0.116. The molecule has 5 heteroatoms. The first kappa shape index (κ1) is 21.9. The number of thioether (sulfide) groups is 1. The SMILES string of the molecule is CC(C)C(SCc1ccccc1)C(=O)Nc1cccc(CN2CCN(C)CC2)c1. The molecule has 1 fully saturated rings. The molecule has 1 unspecified atom stereocenters. The van der Waals surface area contributed by atoms with Crippen molar-refractivity contribution in [3.05, 3.63) is 65.7 Å². The van der Waals surface area contributed by atoms with E-state index in [1.807, 2.05) is 30.3 Å². The third-order valence-corrected chi connectivity index (χ3v) is 6.95. The Hall–Kier alpha value is -1.82. The van der Waals surface area contributed by atoms with Crippen LogP contribution in [0.1, 0.15) is 25.0 Å². The van der Waals surface area contributed by atoms with E-state index < -0.39 is 0 Å². The standard InChI is InChI=1S/C24H33N3OS/c1-19(2)23(29-18-20-8-5-4-6-9-20)24(28)25-22-11-7-10-21(16-22)17-27-14-12-26(3)13-15-27/h4-11,16,19,23H,12-15,17-18H2,1-3H3,(H,25,28). The maximum atomic E-state index is 13.0. The van der Waals surface area contributed by atoms with E-state index >= 15 is 0 Å². The fourth-order valence-electron chi connectivity index (χ4n) is 3.56. The molecule has 1 aliphatic rings. The fraction of sp³-hybridized carbons (Fsp3) is 0.458. The number of nitrogens with one attached hydrogen (secondary N) is 1. The smallest absolute Gasteiger partial charge is 0.237 e. The zero-order chi connectivity index (χ0) is 20.6. The zero-order valence-corrected chi connectivity index (χ0v) is 18.6. The Morgan fingerprint density at radius 1 is 1.00 bits per heavy atom. The van der Waals surface area contributed by atoms with Crippen molar-refractivity contribution in [1.82, 2.24) is 9.80 Å². The number of anilines is 1. The molecule has 29 heavy (non-hydrogen) atoms. The van der Waals surface area contributed by atoms with Gasteiger partial charge in [0.25, 0.3) is 0 Å². The molecule has 0 saturated carbocycles. The Morgan fingerprint density at radius 2 is 1.69 bits per heavy atom. The normalized spacial score (nSPS) is 16.7. The van der Waals surface area contributed by atoms with Gasteiger partial charge < -0.3 is 10.2 Å². The third-order valence-electron chi connectivity index (χ3n) is 5.33. The van der Waals surface area contributed by atoms with Gasteiger partial charge in [0, 0.05) is 44.2 Å². The number of likely N-dealkylation sites (N-methyl/N-ethyl adjacent to an activating group) is 1. The van der Waals surface area contributed by atoms with Crippen LogP contribution in [-0.4, -0.2) is 54.2 Å². The lowest BCUT2D eigenvalue weighted by Crippen LogP contribution is -2.43. The average Bonchev–Trinajstić information content (AvgIpc) is 2.71. The Balaban J connectivity index is 1.57. The van der Waals surface area contributed by atoms with Crippen LogP contribution in [-0.2, 0) is 17.1 Å². The van der Waals surface area contributed by atoms with E-state index in [-0.39, 0.29) is 17.1 Å². The van der Waals surface area contributed by atoms with Gasteiger partial charge in [-0.3, -0.25) is 9.69 Å². The summed E-state index contributed by atoms with van der Waals surface area (Å²) in [7, 11) is 2.18. The minimum Gasteiger partial charge on any atom is -0.325 e. The average molecular weight is 412 g/mol. The summed E-state index contributed by atoms with van der Waals surface area (Å²) in [5.74, 6) is 1.22. The summed E-state index contributed by atoms with van der Waals surface area (Å²) < 4.78 is 0. The maximum Gasteiger partial charge on any atom is 0.237 e. The van der Waals surface area contributed by atoms with Crippen molar-refractivity contribution in [2.75, 3.05) is 38.5 Å². The van der Waals surface area contributed by atoms with E-state index in [2.05, 4.69) is 60.3 Å². The minimum absolute atomic E-state index is 0.0727. The molecular formula is C24H33N3OS. The van der Waals surface area contributed by atoms with Gasteiger partial charge in [-0.25, -0.2) is 0 Å². The molecule has 2 aromatic rings. The van der Waals surface area contributed by atoms with Crippen molar-refractivity contribution in [3.8, 4) is 0 Å². The summed E-state index contributed by atoms with van der Waals surface area (Å²) in [6.07, 6.45) is 0. The second-order valence-electron chi connectivity index (χ2n) is 8.23. The van der Waals surface area contributed by atoms with Crippen LogP contribution in [0.4, 0.5) is 5.69 Å². The van der Waals surface area contributed by atoms with Crippen LogP contribution in [0.3, 0.4) is 0 Å². The van der Waals surface area contributed by atoms with Crippen molar-refractivity contribution in [2.45, 2.75) is 31.4 Å². The number of hydrogen-bond donors (Lipinski definition) is 1. The van der Waals surface area contributed by atoms with Crippen LogP contribution in [0.5, 0.6) is 0 Å². The number of rotatable bonds is 8. The van der Waals surface area contributed by atoms with Gasteiger partial charge in [0.2, 0.25) is 5.91 Å². The van der Waals surface area contributed by atoms with Crippen LogP contribution in [0.2, 0.25) is 0 Å². The summed E-state index contributed by atoms with van der Waals surface area (Å²) in [5.41, 5.74) is 3.41. The zero-order valence-electron chi connectivity index (χ0n) is 17.8. The molecule has 156 valence electrons. The van der Waals surface area contributed by atoms with Crippen molar-refractivity contribution >= 4 is 23.4 Å². The highest BCUT2D eigenvalue weighted by Gasteiger charge is 2.23. The number of amides is 1. The molecule has 0 spiro atoms. The predicted octanol–water partition coefficient (Wildman–Crippen LogP) is 4.33. The molecule has 1 atom stereocenters. The van der Waals surface area contributed by atoms with E-state index in [0.29, 0.717) is 0 Å². The predicted molar refractivity (Wildman–Crippen MR) is 124 cm³/mol. The topological polar surface area (TPSA) is 35.6 Å². The Morgan fingerprint density at radius 3 is 2.38 bits per heavy atom. The molecule has 1 aliphatic heterocycles. The highest BCUT2D eigenvalue weighted by Crippen LogP contribution is 2.25. The molecule has 0 bridgehead atoms. The second kappa shape index (κ2) is 10.8. The molecule has 1 amide bonds. The van der Waals surface area contributed by atoms with Gasteiger partial charge in [-0.05, 0) is 36.2 Å². The first-order chi connectivity index (χ1) is 14.0. The molecule has 1 N–H and O–H groups in total. The van der Waals surface area contributed by atoms with Crippen LogP contribution in [0, 0.1) is 5.92 Å². The van der Waals surface area contributed by atoms with Crippen molar-refractivity contribution < 1.29 is 4.79 Å². The van der Waals surface area contributed by atoms with E-state index in [4.69, 9.17) is 0 Å². The van der Waals surface area contributed by atoms with E-state index in [1.54, 1.807) is 11.8 Å². The molecule has 2 aromatic carbocycles. The minimum atomic E-state index is -0.0727. The Kier molecular flexibility index (Phi) is 8.16. The summed E-state index contributed by atoms with van der Waals surface area (Å²) in [4.78, 5) is 17.8. The highest BCUT2D eigenvalue weighted by atomic mass is 32.2. The maximum absolute atomic E-state index is 13.0. The summed E-state index contributed by atoms with van der Waals surface area (Å²) in [6, 6.07) is 18.7. The molecule has 0 radical (unpaired) electrons. The number of benzene rings is 2. The largest absolute Gasteiger partial charge is 0.325 e. The first-order valence-electron chi connectivity index (χ1n) is 10.5. The number of carbonyl (C=O) groups excluding carboxylic acids is 1. The number of hydrogen-bond acceptors (Lipinski definition) is 4.